The third-order valence-corrected chi connectivity index (χ3v) is 7.65. The number of hydrogen-bond acceptors (Lipinski definition) is 13. The molecule has 0 bridgehead atoms. The lowest BCUT2D eigenvalue weighted by Gasteiger charge is -2.27. The summed E-state index contributed by atoms with van der Waals surface area (Å²) >= 11 is 0. The van der Waals surface area contributed by atoms with Crippen molar-refractivity contribution in [2.45, 2.75) is 83.3 Å². The van der Waals surface area contributed by atoms with Crippen LogP contribution in [0.3, 0.4) is 0 Å². The van der Waals surface area contributed by atoms with Crippen LogP contribution in [0.4, 0.5) is 0 Å². The maximum absolute atomic E-state index is 13.4. The van der Waals surface area contributed by atoms with Crippen molar-refractivity contribution in [3.05, 3.63) is 0 Å². The molecule has 23 heteroatoms. The molecular formula is C30H53N13O10. The predicted octanol–water partition coefficient (Wildman–Crippen LogP) is -7.79. The minimum Gasteiger partial charge on any atom is -0.394 e. The fraction of sp³-hybridized carbons (Fsp3) is 0.667. The molecule has 0 aliphatic carbocycles. The van der Waals surface area contributed by atoms with Crippen LogP contribution in [0.15, 0.2) is 0 Å². The van der Waals surface area contributed by atoms with Gasteiger partial charge in [0.1, 0.15) is 42.3 Å². The van der Waals surface area contributed by atoms with E-state index in [1.165, 1.54) is 13.8 Å². The Balaban J connectivity index is 3.56. The minimum absolute atomic E-state index is 0.0560. The second-order valence-corrected chi connectivity index (χ2v) is 12.4. The van der Waals surface area contributed by atoms with Gasteiger partial charge in [-0.1, -0.05) is 20.8 Å². The monoisotopic (exact) mass is 755 g/mol. The number of carbonyl (C=O) groups is 9. The molecule has 16 N–H and O–H groups in total. The Hall–Kier alpha value is -5.42. The average molecular weight is 756 g/mol. The van der Waals surface area contributed by atoms with Gasteiger partial charge in [-0.05, 0) is 19.8 Å². The Morgan fingerprint density at radius 1 is 0.792 bits per heavy atom. The third kappa shape index (κ3) is 15.4. The first-order valence-corrected chi connectivity index (χ1v) is 16.8. The molecule has 7 unspecified atom stereocenters. The molecular weight excluding hydrogens is 702 g/mol. The van der Waals surface area contributed by atoms with Gasteiger partial charge in [-0.2, -0.15) is 0 Å². The summed E-state index contributed by atoms with van der Waals surface area (Å²) in [5.74, 6) is -8.59. The van der Waals surface area contributed by atoms with Gasteiger partial charge in [0.05, 0.1) is 19.0 Å². The molecule has 7 atom stereocenters. The number of hydrogen-bond donors (Lipinski definition) is 14. The summed E-state index contributed by atoms with van der Waals surface area (Å²) in [6.07, 6.45) is 0.0560. The summed E-state index contributed by atoms with van der Waals surface area (Å²) in [6, 6.07) is -10.1. The van der Waals surface area contributed by atoms with Crippen LogP contribution in [0.25, 0.3) is 0 Å². The number of amides is 9. The first-order valence-electron chi connectivity index (χ1n) is 16.8. The van der Waals surface area contributed by atoms with Gasteiger partial charge in [-0.15, -0.1) is 0 Å². The van der Waals surface area contributed by atoms with Crippen molar-refractivity contribution in [3.63, 3.8) is 0 Å². The molecule has 1 aliphatic heterocycles. The van der Waals surface area contributed by atoms with Crippen molar-refractivity contribution in [2.75, 3.05) is 39.3 Å². The van der Waals surface area contributed by atoms with Crippen molar-refractivity contribution in [1.29, 1.82) is 5.41 Å². The number of nitrogens with two attached hydrogens (primary N) is 2. The van der Waals surface area contributed by atoms with Crippen molar-refractivity contribution in [3.8, 4) is 0 Å². The fourth-order valence-corrected chi connectivity index (χ4v) is 4.49. The normalized spacial score (nSPS) is 25.0. The average Bonchev–Trinajstić information content (AvgIpc) is 3.11. The number of aliphatic hydroxyl groups is 1. The van der Waals surface area contributed by atoms with Crippen LogP contribution >= 0.6 is 0 Å². The molecule has 1 rings (SSSR count). The first kappa shape index (κ1) is 45.6. The van der Waals surface area contributed by atoms with Gasteiger partial charge in [0.2, 0.25) is 53.2 Å². The molecule has 53 heavy (non-hydrogen) atoms. The zero-order valence-corrected chi connectivity index (χ0v) is 30.3. The van der Waals surface area contributed by atoms with E-state index in [-0.39, 0.29) is 18.8 Å². The lowest BCUT2D eigenvalue weighted by Crippen LogP contribution is -2.64. The minimum atomic E-state index is -1.73. The lowest BCUT2D eigenvalue weighted by atomic mass is 10.0. The maximum Gasteiger partial charge on any atom is 0.245 e. The molecule has 0 radical (unpaired) electrons. The number of carbonyl (C=O) groups excluding carboxylic acids is 9. The zero-order chi connectivity index (χ0) is 40.4. The van der Waals surface area contributed by atoms with E-state index in [0.29, 0.717) is 0 Å². The molecule has 0 saturated carbocycles. The van der Waals surface area contributed by atoms with Crippen LogP contribution in [0.2, 0.25) is 0 Å². The largest absolute Gasteiger partial charge is 0.394 e. The van der Waals surface area contributed by atoms with E-state index in [0.717, 1.165) is 0 Å². The van der Waals surface area contributed by atoms with Gasteiger partial charge >= 0.3 is 0 Å². The van der Waals surface area contributed by atoms with E-state index in [1.54, 1.807) is 20.8 Å². The Morgan fingerprint density at radius 2 is 1.32 bits per heavy atom. The second kappa shape index (κ2) is 22.5. The van der Waals surface area contributed by atoms with E-state index < -0.39 is 134 Å². The summed E-state index contributed by atoms with van der Waals surface area (Å²) in [4.78, 5) is 117. The third-order valence-electron chi connectivity index (χ3n) is 7.65. The fourth-order valence-electron chi connectivity index (χ4n) is 4.49. The first-order chi connectivity index (χ1) is 24.9. The van der Waals surface area contributed by atoms with Crippen molar-refractivity contribution in [1.82, 2.24) is 53.2 Å². The van der Waals surface area contributed by atoms with Crippen LogP contribution in [-0.2, 0) is 43.2 Å². The molecule has 1 aliphatic rings. The molecule has 298 valence electrons. The van der Waals surface area contributed by atoms with Crippen molar-refractivity contribution < 1.29 is 48.3 Å². The highest BCUT2D eigenvalue weighted by molar-refractivity contribution is 5.98. The number of amidine groups is 1. The predicted molar refractivity (Wildman–Crippen MR) is 187 cm³/mol. The van der Waals surface area contributed by atoms with Crippen LogP contribution in [0.5, 0.6) is 0 Å². The van der Waals surface area contributed by atoms with Gasteiger partial charge in [0, 0.05) is 32.6 Å². The summed E-state index contributed by atoms with van der Waals surface area (Å²) in [5, 5.41) is 41.4. The standard InChI is InChI=1S/C30H53N13O10/c1-6-21(45)37-14(4)24(47)40-19-10-35-30(53)23(13(2)3)43-22(46)11-36-25(48)16(7-31)38-27(50)18(9-34-15(5)33)41-26(49)17(8-32)39-29(52)20(12-44)42-28(19)51/h13-14,16-20,23,44H,6-12,31-32H2,1-5H3,(H2,33,34)(H,35,53)(H,36,48)(H,37,45)(H,38,50)(H,39,52)(H,40,47)(H,41,49)(H,42,51)(H,43,46). The molecule has 9 amide bonds. The molecule has 1 saturated heterocycles. The number of aliphatic hydroxyl groups excluding tert-OH is 1. The van der Waals surface area contributed by atoms with E-state index in [2.05, 4.69) is 53.2 Å². The van der Waals surface area contributed by atoms with Gasteiger partial charge in [0.15, 0.2) is 0 Å². The quantitative estimate of drug-likeness (QED) is 0.0729. The molecule has 1 fully saturated rings. The Labute approximate surface area is 305 Å². The van der Waals surface area contributed by atoms with Gasteiger partial charge in [-0.3, -0.25) is 48.6 Å². The van der Waals surface area contributed by atoms with E-state index in [1.807, 2.05) is 0 Å². The molecule has 0 spiro atoms. The molecule has 0 aromatic heterocycles. The molecule has 0 aromatic carbocycles. The van der Waals surface area contributed by atoms with Crippen LogP contribution in [0, 0.1) is 11.3 Å². The molecule has 0 aromatic rings. The Kier molecular flexibility index (Phi) is 19.4. The van der Waals surface area contributed by atoms with E-state index in [4.69, 9.17) is 16.9 Å². The van der Waals surface area contributed by atoms with Gasteiger partial charge in [-0.25, -0.2) is 0 Å². The second-order valence-electron chi connectivity index (χ2n) is 12.4. The topological polar surface area (TPSA) is 370 Å². The maximum atomic E-state index is 13.4. The van der Waals surface area contributed by atoms with Crippen molar-refractivity contribution in [2.24, 2.45) is 17.4 Å². The smallest absolute Gasteiger partial charge is 0.245 e. The zero-order valence-electron chi connectivity index (χ0n) is 30.3. The Morgan fingerprint density at radius 3 is 1.85 bits per heavy atom. The summed E-state index contributed by atoms with van der Waals surface area (Å²) in [6.45, 7) is 3.85. The highest BCUT2D eigenvalue weighted by Crippen LogP contribution is 2.03. The van der Waals surface area contributed by atoms with Crippen LogP contribution < -0.4 is 64.6 Å². The van der Waals surface area contributed by atoms with E-state index >= 15 is 0 Å². The number of rotatable bonds is 10. The SMILES string of the molecule is CCC(=O)NC(C)C(=O)NC1CNC(=O)C(C(C)C)NC(=O)CNC(=O)C(CN)NC(=O)C(CNC(C)=N)NC(=O)C(CN)NC(=O)C(CO)NC1=O. The highest BCUT2D eigenvalue weighted by Gasteiger charge is 2.34. The summed E-state index contributed by atoms with van der Waals surface area (Å²) in [7, 11) is 0. The van der Waals surface area contributed by atoms with Gasteiger partial charge in [0.25, 0.3) is 0 Å². The van der Waals surface area contributed by atoms with Crippen LogP contribution in [-0.4, -0.2) is 146 Å². The van der Waals surface area contributed by atoms with Gasteiger partial charge < -0.3 is 69.7 Å². The summed E-state index contributed by atoms with van der Waals surface area (Å²) in [5.41, 5.74) is 11.4. The molecule has 1 heterocycles. The number of nitrogens with one attached hydrogen (secondary N) is 11. The Bertz CT molecular complexity index is 1380. The summed E-state index contributed by atoms with van der Waals surface area (Å²) < 4.78 is 0. The molecule has 23 nitrogen and oxygen atoms in total. The highest BCUT2D eigenvalue weighted by atomic mass is 16.3. The lowest BCUT2D eigenvalue weighted by molar-refractivity contribution is -0.136. The van der Waals surface area contributed by atoms with E-state index in [9.17, 15) is 48.3 Å². The van der Waals surface area contributed by atoms with Crippen molar-refractivity contribution >= 4 is 59.0 Å². The van der Waals surface area contributed by atoms with Crippen LogP contribution in [0.1, 0.15) is 41.0 Å².